The number of hydrogen-bond acceptors (Lipinski definition) is 0. The number of rotatable bonds is 4. The van der Waals surface area contributed by atoms with E-state index in [1.807, 2.05) is 6.07 Å². The lowest BCUT2D eigenvalue weighted by molar-refractivity contribution is 0.705. The summed E-state index contributed by atoms with van der Waals surface area (Å²) < 4.78 is 0. The van der Waals surface area contributed by atoms with Crippen molar-refractivity contribution < 1.29 is 0 Å². The van der Waals surface area contributed by atoms with Gasteiger partial charge in [-0.15, -0.1) is 0 Å². The lowest BCUT2D eigenvalue weighted by Gasteiger charge is -2.24. The molecular weight excluding hydrogens is 352 g/mol. The molecule has 0 spiro atoms. The monoisotopic (exact) mass is 366 g/mol. The summed E-state index contributed by atoms with van der Waals surface area (Å²) in [5, 5.41) is 0. The van der Waals surface area contributed by atoms with Crippen molar-refractivity contribution >= 4 is 31.9 Å². The average molecular weight is 368 g/mol. The highest BCUT2D eigenvalue weighted by Gasteiger charge is 2.24. The number of hydrogen-bond donors (Lipinski definition) is 0. The Labute approximate surface area is 126 Å². The van der Waals surface area contributed by atoms with Crippen molar-refractivity contribution in [2.45, 2.75) is 22.5 Å². The summed E-state index contributed by atoms with van der Waals surface area (Å²) in [5.74, 6) is 0.454. The predicted molar refractivity (Wildman–Crippen MR) is 85.7 cm³/mol. The van der Waals surface area contributed by atoms with Gasteiger partial charge in [0.05, 0.1) is 4.83 Å². The third kappa shape index (κ3) is 3.24. The van der Waals surface area contributed by atoms with Crippen LogP contribution in [-0.4, -0.2) is 4.83 Å². The van der Waals surface area contributed by atoms with Gasteiger partial charge in [-0.25, -0.2) is 0 Å². The second-order valence-electron chi connectivity index (χ2n) is 4.46. The molecule has 0 saturated carbocycles. The fraction of sp³-hybridized carbons (Fsp3) is 0.250. The Balaban J connectivity index is 2.14. The van der Waals surface area contributed by atoms with E-state index in [2.05, 4.69) is 93.4 Å². The topological polar surface area (TPSA) is 0 Å². The minimum Gasteiger partial charge on any atom is -0.0868 e. The zero-order chi connectivity index (χ0) is 13.0. The molecule has 0 bridgehead atoms. The molecule has 3 atom stereocenters. The van der Waals surface area contributed by atoms with Crippen molar-refractivity contribution in [3.63, 3.8) is 0 Å². The summed E-state index contributed by atoms with van der Waals surface area (Å²) in [6.07, 6.45) is 0. The van der Waals surface area contributed by atoms with Gasteiger partial charge in [0.15, 0.2) is 0 Å². The van der Waals surface area contributed by atoms with E-state index in [-0.39, 0.29) is 0 Å². The van der Waals surface area contributed by atoms with Crippen LogP contribution in [0.15, 0.2) is 60.7 Å². The Bertz CT molecular complexity index is 421. The van der Waals surface area contributed by atoms with E-state index < -0.39 is 0 Å². The molecule has 2 aromatic rings. The van der Waals surface area contributed by atoms with Gasteiger partial charge in [-0.1, -0.05) is 99.4 Å². The van der Waals surface area contributed by atoms with Gasteiger partial charge < -0.3 is 0 Å². The van der Waals surface area contributed by atoms with Crippen LogP contribution in [0.25, 0.3) is 0 Å². The van der Waals surface area contributed by atoms with E-state index in [1.165, 1.54) is 11.1 Å². The molecule has 0 fully saturated rings. The molecule has 0 aliphatic heterocycles. The molecule has 0 radical (unpaired) electrons. The molecule has 2 heteroatoms. The summed E-state index contributed by atoms with van der Waals surface area (Å²) >= 11 is 7.64. The van der Waals surface area contributed by atoms with Gasteiger partial charge in [-0.2, -0.15) is 0 Å². The molecule has 18 heavy (non-hydrogen) atoms. The van der Waals surface area contributed by atoms with Crippen molar-refractivity contribution in [3.05, 3.63) is 71.8 Å². The van der Waals surface area contributed by atoms with Gasteiger partial charge in [0.25, 0.3) is 0 Å². The Hall–Kier alpha value is -0.600. The quantitative estimate of drug-likeness (QED) is 0.609. The standard InChI is InChI=1S/C16H16Br2/c1-12(13-8-4-2-5-9-13)15(17)16(18)14-10-6-3-7-11-14/h2-12,15-16H,1H3/t12-,15+,16-/m0/s1. The van der Waals surface area contributed by atoms with Gasteiger partial charge in [0.2, 0.25) is 0 Å². The fourth-order valence-corrected chi connectivity index (χ4v) is 3.39. The lowest BCUT2D eigenvalue weighted by atomic mass is 9.94. The SMILES string of the molecule is C[C@@H](c1ccccc1)[C@@H](Br)[C@@H](Br)c1ccccc1. The molecule has 0 aromatic heterocycles. The minimum absolute atomic E-state index is 0.314. The highest BCUT2D eigenvalue weighted by atomic mass is 79.9. The van der Waals surface area contributed by atoms with Gasteiger partial charge >= 0.3 is 0 Å². The maximum Gasteiger partial charge on any atom is 0.0526 e. The van der Waals surface area contributed by atoms with Crippen LogP contribution >= 0.6 is 31.9 Å². The van der Waals surface area contributed by atoms with Crippen molar-refractivity contribution in [3.8, 4) is 0 Å². The first-order valence-corrected chi connectivity index (χ1v) is 7.91. The zero-order valence-corrected chi connectivity index (χ0v) is 13.4. The van der Waals surface area contributed by atoms with E-state index in [9.17, 15) is 0 Å². The molecule has 0 amide bonds. The molecule has 0 aliphatic carbocycles. The third-order valence-corrected chi connectivity index (χ3v) is 6.33. The van der Waals surface area contributed by atoms with Crippen LogP contribution < -0.4 is 0 Å². The molecule has 0 heterocycles. The molecule has 2 rings (SSSR count). The van der Waals surface area contributed by atoms with Gasteiger partial charge in [0.1, 0.15) is 0 Å². The van der Waals surface area contributed by atoms with Gasteiger partial charge in [-0.05, 0) is 17.0 Å². The first kappa shape index (κ1) is 13.8. The van der Waals surface area contributed by atoms with Crippen LogP contribution in [0.5, 0.6) is 0 Å². The van der Waals surface area contributed by atoms with E-state index >= 15 is 0 Å². The Morgan fingerprint density at radius 1 is 0.722 bits per heavy atom. The number of alkyl halides is 2. The summed E-state index contributed by atoms with van der Waals surface area (Å²) in [6.45, 7) is 2.26. The summed E-state index contributed by atoms with van der Waals surface area (Å²) in [6, 6.07) is 21.1. The number of benzene rings is 2. The van der Waals surface area contributed by atoms with Crippen LogP contribution in [0, 0.1) is 0 Å². The molecule has 0 unspecified atom stereocenters. The second-order valence-corrected chi connectivity index (χ2v) is 6.50. The normalized spacial score (nSPS) is 15.9. The van der Waals surface area contributed by atoms with Crippen LogP contribution in [0.2, 0.25) is 0 Å². The van der Waals surface area contributed by atoms with Crippen molar-refractivity contribution in [1.29, 1.82) is 0 Å². The number of halogens is 2. The Morgan fingerprint density at radius 2 is 1.17 bits per heavy atom. The molecule has 0 saturated heterocycles. The second kappa shape index (κ2) is 6.53. The first-order valence-electron chi connectivity index (χ1n) is 6.08. The highest BCUT2D eigenvalue weighted by Crippen LogP contribution is 2.39. The van der Waals surface area contributed by atoms with Crippen LogP contribution in [-0.2, 0) is 0 Å². The fourth-order valence-electron chi connectivity index (χ4n) is 2.01. The smallest absolute Gasteiger partial charge is 0.0526 e. The third-order valence-electron chi connectivity index (χ3n) is 3.20. The van der Waals surface area contributed by atoms with Crippen LogP contribution in [0.3, 0.4) is 0 Å². The molecule has 94 valence electrons. The van der Waals surface area contributed by atoms with Gasteiger partial charge in [0, 0.05) is 4.83 Å². The first-order chi connectivity index (χ1) is 8.70. The maximum atomic E-state index is 3.84. The predicted octanol–water partition coefficient (Wildman–Crippen LogP) is 5.69. The average Bonchev–Trinajstić information content (AvgIpc) is 2.47. The van der Waals surface area contributed by atoms with E-state index in [0.29, 0.717) is 15.6 Å². The zero-order valence-electron chi connectivity index (χ0n) is 10.3. The van der Waals surface area contributed by atoms with Gasteiger partial charge in [-0.3, -0.25) is 0 Å². The highest BCUT2D eigenvalue weighted by molar-refractivity contribution is 9.12. The maximum absolute atomic E-state index is 3.84. The largest absolute Gasteiger partial charge is 0.0868 e. The van der Waals surface area contributed by atoms with Crippen LogP contribution in [0.4, 0.5) is 0 Å². The summed E-state index contributed by atoms with van der Waals surface area (Å²) in [7, 11) is 0. The Morgan fingerprint density at radius 3 is 1.67 bits per heavy atom. The van der Waals surface area contributed by atoms with Crippen molar-refractivity contribution in [2.75, 3.05) is 0 Å². The van der Waals surface area contributed by atoms with E-state index in [1.54, 1.807) is 0 Å². The van der Waals surface area contributed by atoms with Crippen LogP contribution in [0.1, 0.15) is 28.8 Å². The van der Waals surface area contributed by atoms with Crippen molar-refractivity contribution in [2.24, 2.45) is 0 Å². The van der Waals surface area contributed by atoms with Crippen molar-refractivity contribution in [1.82, 2.24) is 0 Å². The minimum atomic E-state index is 0.314. The lowest BCUT2D eigenvalue weighted by Crippen LogP contribution is -2.14. The molecule has 0 N–H and O–H groups in total. The van der Waals surface area contributed by atoms with E-state index in [4.69, 9.17) is 0 Å². The summed E-state index contributed by atoms with van der Waals surface area (Å²) in [5.41, 5.74) is 2.67. The molecule has 0 nitrogen and oxygen atoms in total. The van der Waals surface area contributed by atoms with E-state index in [0.717, 1.165) is 0 Å². The molecular formula is C16H16Br2. The molecule has 0 aliphatic rings. The summed E-state index contributed by atoms with van der Waals surface area (Å²) in [4.78, 5) is 0.677. The molecule has 2 aromatic carbocycles. The Kier molecular flexibility index (Phi) is 5.02.